The summed E-state index contributed by atoms with van der Waals surface area (Å²) >= 11 is 0. The minimum Gasteiger partial charge on any atom is -0.462 e. The second kappa shape index (κ2) is 56.8. The zero-order valence-electron chi connectivity index (χ0n) is 54.5. The number of carbonyl (C=O) groups is 4. The van der Waals surface area contributed by atoms with Crippen LogP contribution in [0.5, 0.6) is 0 Å². The van der Waals surface area contributed by atoms with Crippen LogP contribution in [0.3, 0.4) is 0 Å². The van der Waals surface area contributed by atoms with E-state index in [0.717, 1.165) is 121 Å². The van der Waals surface area contributed by atoms with E-state index in [0.29, 0.717) is 31.6 Å². The highest BCUT2D eigenvalue weighted by Crippen LogP contribution is 2.45. The van der Waals surface area contributed by atoms with Crippen molar-refractivity contribution < 1.29 is 80.2 Å². The minimum atomic E-state index is -4.96. The molecule has 0 aliphatic carbocycles. The molecule has 0 aromatic carbocycles. The number of aliphatic hydroxyl groups is 1. The molecule has 0 fully saturated rings. The summed E-state index contributed by atoms with van der Waals surface area (Å²) in [6, 6.07) is 0. The van der Waals surface area contributed by atoms with Gasteiger partial charge in [-0.1, -0.05) is 246 Å². The van der Waals surface area contributed by atoms with Gasteiger partial charge in [-0.05, 0) is 69.1 Å². The van der Waals surface area contributed by atoms with Crippen LogP contribution in [-0.2, 0) is 65.4 Å². The van der Waals surface area contributed by atoms with E-state index in [1.165, 1.54) is 89.9 Å². The molecule has 0 aromatic heterocycles. The topological polar surface area (TPSA) is 237 Å². The Labute approximate surface area is 516 Å². The summed E-state index contributed by atoms with van der Waals surface area (Å²) in [4.78, 5) is 72.2. The Kier molecular flexibility index (Phi) is 55.1. The van der Waals surface area contributed by atoms with E-state index in [2.05, 4.69) is 72.8 Å². The Morgan fingerprint density at radius 2 is 0.694 bits per heavy atom. The van der Waals surface area contributed by atoms with Gasteiger partial charge < -0.3 is 33.8 Å². The molecule has 85 heavy (non-hydrogen) atoms. The molecule has 500 valence electrons. The Hall–Kier alpha value is -2.46. The molecule has 0 spiro atoms. The van der Waals surface area contributed by atoms with E-state index in [-0.39, 0.29) is 25.7 Å². The van der Waals surface area contributed by atoms with Crippen molar-refractivity contribution in [2.24, 2.45) is 17.8 Å². The second-order valence-electron chi connectivity index (χ2n) is 24.4. The normalized spacial score (nSPS) is 14.8. The maximum Gasteiger partial charge on any atom is 0.472 e. The summed E-state index contributed by atoms with van der Waals surface area (Å²) < 4.78 is 68.0. The predicted molar refractivity (Wildman–Crippen MR) is 340 cm³/mol. The zero-order valence-corrected chi connectivity index (χ0v) is 56.3. The predicted octanol–water partition coefficient (Wildman–Crippen LogP) is 17.8. The standard InChI is InChI=1S/C66H124O17P2/c1-8-10-11-12-13-14-15-16-17-18-19-20-25-35-42-49-65(70)82-61(54-77-64(69)48-41-34-29-27-32-39-46-59(7)9-2)55-80-84(72,73)78-51-60(67)52-79-85(74,75)81-56-62(83-66(71)50-43-36-28-26-31-38-45-58(5)6)53-76-63(68)47-40-33-24-22-21-23-30-37-44-57(3)4/h14-17,57-62,67H,8-13,18-56H2,1-7H3,(H,72,73)(H,74,75)/b15-14-,17-16-/t59?,60?,61-,62-/m1/s1. The summed E-state index contributed by atoms with van der Waals surface area (Å²) in [7, 11) is -9.90. The molecule has 6 atom stereocenters. The van der Waals surface area contributed by atoms with Gasteiger partial charge in [-0.25, -0.2) is 9.13 Å². The number of ether oxygens (including phenoxy) is 4. The summed E-state index contributed by atoms with van der Waals surface area (Å²) in [5.41, 5.74) is 0. The average molecular weight is 1250 g/mol. The highest BCUT2D eigenvalue weighted by atomic mass is 31.2. The first-order valence-corrected chi connectivity index (χ1v) is 36.7. The number of rotatable bonds is 62. The number of unbranched alkanes of at least 4 members (excludes halogenated alkanes) is 26. The Balaban J connectivity index is 5.28. The van der Waals surface area contributed by atoms with Crippen LogP contribution in [0, 0.1) is 17.8 Å². The highest BCUT2D eigenvalue weighted by molar-refractivity contribution is 7.47. The van der Waals surface area contributed by atoms with E-state index in [1.54, 1.807) is 0 Å². The largest absolute Gasteiger partial charge is 0.472 e. The fourth-order valence-electron chi connectivity index (χ4n) is 9.26. The number of esters is 4. The summed E-state index contributed by atoms with van der Waals surface area (Å²) in [6.45, 7) is 11.6. The van der Waals surface area contributed by atoms with E-state index in [9.17, 15) is 43.2 Å². The first-order chi connectivity index (χ1) is 40.8. The van der Waals surface area contributed by atoms with Crippen LogP contribution in [0.15, 0.2) is 24.3 Å². The Morgan fingerprint density at radius 1 is 0.388 bits per heavy atom. The molecule has 0 amide bonds. The van der Waals surface area contributed by atoms with Crippen molar-refractivity contribution in [2.75, 3.05) is 39.6 Å². The van der Waals surface area contributed by atoms with Crippen LogP contribution >= 0.6 is 15.6 Å². The van der Waals surface area contributed by atoms with Crippen molar-refractivity contribution in [3.63, 3.8) is 0 Å². The van der Waals surface area contributed by atoms with Crippen molar-refractivity contribution in [1.29, 1.82) is 0 Å². The van der Waals surface area contributed by atoms with Gasteiger partial charge in [0.05, 0.1) is 26.4 Å². The quantitative estimate of drug-likeness (QED) is 0.0169. The lowest BCUT2D eigenvalue weighted by Crippen LogP contribution is -2.30. The first kappa shape index (κ1) is 82.5. The van der Waals surface area contributed by atoms with Crippen molar-refractivity contribution in [3.05, 3.63) is 24.3 Å². The van der Waals surface area contributed by atoms with Crippen molar-refractivity contribution in [2.45, 2.75) is 317 Å². The van der Waals surface area contributed by atoms with Crippen molar-refractivity contribution >= 4 is 39.5 Å². The number of hydrogen-bond donors (Lipinski definition) is 3. The molecule has 0 radical (unpaired) electrons. The number of aliphatic hydroxyl groups excluding tert-OH is 1. The fraction of sp³-hybridized carbons (Fsp3) is 0.879. The monoisotopic (exact) mass is 1250 g/mol. The van der Waals surface area contributed by atoms with Gasteiger partial charge in [0, 0.05) is 25.7 Å². The second-order valence-corrected chi connectivity index (χ2v) is 27.3. The lowest BCUT2D eigenvalue weighted by molar-refractivity contribution is -0.161. The zero-order chi connectivity index (χ0) is 63.1. The smallest absolute Gasteiger partial charge is 0.462 e. The molecule has 0 aliphatic rings. The molecule has 3 N–H and O–H groups in total. The van der Waals surface area contributed by atoms with Crippen LogP contribution in [0.4, 0.5) is 0 Å². The molecule has 17 nitrogen and oxygen atoms in total. The molecule has 0 saturated carbocycles. The lowest BCUT2D eigenvalue weighted by atomic mass is 10.00. The van der Waals surface area contributed by atoms with Crippen LogP contribution in [0.1, 0.15) is 299 Å². The first-order valence-electron chi connectivity index (χ1n) is 33.7. The van der Waals surface area contributed by atoms with Crippen LogP contribution in [0.2, 0.25) is 0 Å². The average Bonchev–Trinajstić information content (AvgIpc) is 3.61. The van der Waals surface area contributed by atoms with Gasteiger partial charge in [-0.2, -0.15) is 0 Å². The Morgan fingerprint density at radius 3 is 1.05 bits per heavy atom. The van der Waals surface area contributed by atoms with Crippen LogP contribution in [0.25, 0.3) is 0 Å². The maximum absolute atomic E-state index is 13.0. The summed E-state index contributed by atoms with van der Waals surface area (Å²) in [5, 5.41) is 10.5. The van der Waals surface area contributed by atoms with Gasteiger partial charge in [0.25, 0.3) is 0 Å². The van der Waals surface area contributed by atoms with Gasteiger partial charge in [0.2, 0.25) is 0 Å². The van der Waals surface area contributed by atoms with E-state index >= 15 is 0 Å². The number of allylic oxidation sites excluding steroid dienone is 4. The lowest BCUT2D eigenvalue weighted by Gasteiger charge is -2.21. The molecule has 0 aromatic rings. The molecule has 4 unspecified atom stereocenters. The number of hydrogen-bond acceptors (Lipinski definition) is 15. The minimum absolute atomic E-state index is 0.0833. The molecule has 0 heterocycles. The van der Waals surface area contributed by atoms with Gasteiger partial charge in [-0.15, -0.1) is 0 Å². The van der Waals surface area contributed by atoms with E-state index in [1.807, 2.05) is 0 Å². The SMILES string of the molecule is CCCCCC/C=C\C=C/CCCCCCCC(=O)O[C@H](COC(=O)CCCCCCCCC(C)CC)COP(=O)(O)OCC(O)COP(=O)(O)OC[C@@H](COC(=O)CCCCCCCCCCC(C)C)OC(=O)CCCCCCCCC(C)C. The molecule has 19 heteroatoms. The molecule has 0 aliphatic heterocycles. The number of carbonyl (C=O) groups excluding carboxylic acids is 4. The molecule has 0 saturated heterocycles. The van der Waals surface area contributed by atoms with Gasteiger partial charge >= 0.3 is 39.5 Å². The Bertz CT molecular complexity index is 1780. The van der Waals surface area contributed by atoms with E-state index < -0.39 is 97.5 Å². The van der Waals surface area contributed by atoms with Gasteiger partial charge in [0.15, 0.2) is 12.2 Å². The summed E-state index contributed by atoms with van der Waals surface area (Å²) in [6.07, 6.45) is 41.4. The van der Waals surface area contributed by atoms with Gasteiger partial charge in [0.1, 0.15) is 19.3 Å². The van der Waals surface area contributed by atoms with Crippen molar-refractivity contribution in [1.82, 2.24) is 0 Å². The van der Waals surface area contributed by atoms with Crippen LogP contribution in [-0.4, -0.2) is 96.7 Å². The molecule has 0 bridgehead atoms. The molecule has 0 rings (SSSR count). The molecular weight excluding hydrogens is 1130 g/mol. The highest BCUT2D eigenvalue weighted by Gasteiger charge is 2.30. The van der Waals surface area contributed by atoms with Crippen LogP contribution < -0.4 is 0 Å². The third-order valence-electron chi connectivity index (χ3n) is 14.9. The van der Waals surface area contributed by atoms with E-state index in [4.69, 9.17) is 37.0 Å². The third kappa shape index (κ3) is 59.0. The number of phosphoric acid groups is 2. The van der Waals surface area contributed by atoms with Gasteiger partial charge in [-0.3, -0.25) is 37.3 Å². The third-order valence-corrected chi connectivity index (χ3v) is 16.8. The number of phosphoric ester groups is 2. The maximum atomic E-state index is 13.0. The summed E-state index contributed by atoms with van der Waals surface area (Å²) in [5.74, 6) is -0.0498. The fourth-order valence-corrected chi connectivity index (χ4v) is 10.8. The van der Waals surface area contributed by atoms with Crippen molar-refractivity contribution in [3.8, 4) is 0 Å². The molecular formula is C66H124O17P2.